The molecule has 1 N–H and O–H groups in total. The second-order valence-corrected chi connectivity index (χ2v) is 7.90. The van der Waals surface area contributed by atoms with Crippen LogP contribution in [-0.2, 0) is 9.53 Å². The monoisotopic (exact) mass is 360 g/mol. The average molecular weight is 360 g/mol. The van der Waals surface area contributed by atoms with Crippen LogP contribution >= 0.6 is 11.3 Å². The largest absolute Gasteiger partial charge is 0.496 e. The number of hydrogen-bond donors (Lipinski definition) is 1. The van der Waals surface area contributed by atoms with Crippen molar-refractivity contribution in [1.82, 2.24) is 4.98 Å². The van der Waals surface area contributed by atoms with E-state index in [1.807, 2.05) is 33.8 Å². The minimum atomic E-state index is -0.744. The molecule has 25 heavy (non-hydrogen) atoms. The summed E-state index contributed by atoms with van der Waals surface area (Å²) < 4.78 is 11.0. The Balaban J connectivity index is 1.88. The van der Waals surface area contributed by atoms with Crippen molar-refractivity contribution in [2.24, 2.45) is 0 Å². The summed E-state index contributed by atoms with van der Waals surface area (Å²) in [6, 6.07) is 4.11. The molecule has 2 aromatic rings. The molecule has 1 aromatic carbocycles. The molecule has 0 spiro atoms. The fourth-order valence-corrected chi connectivity index (χ4v) is 3.97. The van der Waals surface area contributed by atoms with Gasteiger partial charge in [0.25, 0.3) is 5.91 Å². The number of hydrogen-bond acceptors (Lipinski definition) is 5. The van der Waals surface area contributed by atoms with E-state index in [2.05, 4.69) is 16.4 Å². The summed E-state index contributed by atoms with van der Waals surface area (Å²) >= 11 is 1.49. The highest BCUT2D eigenvalue weighted by atomic mass is 32.1. The number of rotatable bonds is 4. The lowest BCUT2D eigenvalue weighted by molar-refractivity contribution is -0.133. The van der Waals surface area contributed by atoms with Gasteiger partial charge < -0.3 is 9.47 Å². The van der Waals surface area contributed by atoms with Crippen LogP contribution in [0.4, 0.5) is 5.13 Å². The average Bonchev–Trinajstić information content (AvgIpc) is 3.16. The number of anilines is 1. The SMILES string of the molecule is COc1cc(C)c(-c2nc(NC(=O)[C@@]3(C)CCCO3)sc2C)cc1C. The Morgan fingerprint density at radius 2 is 2.08 bits per heavy atom. The molecule has 1 aromatic heterocycles. The van der Waals surface area contributed by atoms with Gasteiger partial charge in [-0.2, -0.15) is 0 Å². The van der Waals surface area contributed by atoms with Crippen molar-refractivity contribution in [2.75, 3.05) is 19.0 Å². The van der Waals surface area contributed by atoms with Gasteiger partial charge in [0.15, 0.2) is 5.13 Å². The molecule has 6 heteroatoms. The van der Waals surface area contributed by atoms with Crippen LogP contribution in [0.5, 0.6) is 5.75 Å². The van der Waals surface area contributed by atoms with Crippen molar-refractivity contribution in [1.29, 1.82) is 0 Å². The van der Waals surface area contributed by atoms with Crippen LogP contribution in [0.25, 0.3) is 11.3 Å². The van der Waals surface area contributed by atoms with E-state index in [1.165, 1.54) is 11.3 Å². The molecule has 0 bridgehead atoms. The van der Waals surface area contributed by atoms with E-state index in [4.69, 9.17) is 9.47 Å². The Kier molecular flexibility index (Phi) is 4.84. The number of nitrogens with one attached hydrogen (secondary N) is 1. The number of amides is 1. The van der Waals surface area contributed by atoms with Crippen molar-refractivity contribution >= 4 is 22.4 Å². The Morgan fingerprint density at radius 1 is 1.32 bits per heavy atom. The number of ether oxygens (including phenoxy) is 2. The summed E-state index contributed by atoms with van der Waals surface area (Å²) in [6.45, 7) is 8.56. The van der Waals surface area contributed by atoms with Gasteiger partial charge in [-0.3, -0.25) is 10.1 Å². The summed E-state index contributed by atoms with van der Waals surface area (Å²) in [5.41, 5.74) is 3.39. The molecule has 0 saturated carbocycles. The lowest BCUT2D eigenvalue weighted by atomic mass is 10.0. The number of aromatic nitrogens is 1. The summed E-state index contributed by atoms with van der Waals surface area (Å²) in [4.78, 5) is 18.3. The number of nitrogens with zero attached hydrogens (tertiary/aromatic N) is 1. The molecule has 134 valence electrons. The Labute approximate surface area is 152 Å². The van der Waals surface area contributed by atoms with E-state index < -0.39 is 5.60 Å². The van der Waals surface area contributed by atoms with Crippen molar-refractivity contribution in [3.63, 3.8) is 0 Å². The van der Waals surface area contributed by atoms with Crippen LogP contribution in [0.15, 0.2) is 12.1 Å². The molecule has 2 heterocycles. The lowest BCUT2D eigenvalue weighted by Gasteiger charge is -2.20. The fourth-order valence-electron chi connectivity index (χ4n) is 3.15. The molecule has 1 amide bonds. The zero-order chi connectivity index (χ0) is 18.2. The van der Waals surface area contributed by atoms with Gasteiger partial charge in [-0.15, -0.1) is 11.3 Å². The van der Waals surface area contributed by atoms with Crippen molar-refractivity contribution in [3.8, 4) is 17.0 Å². The third kappa shape index (κ3) is 3.41. The summed E-state index contributed by atoms with van der Waals surface area (Å²) in [5, 5.41) is 3.54. The van der Waals surface area contributed by atoms with E-state index in [0.717, 1.165) is 45.9 Å². The highest BCUT2D eigenvalue weighted by Gasteiger charge is 2.38. The quantitative estimate of drug-likeness (QED) is 0.885. The Hall–Kier alpha value is -1.92. The highest BCUT2D eigenvalue weighted by Crippen LogP contribution is 2.36. The first kappa shape index (κ1) is 17.9. The van der Waals surface area contributed by atoms with E-state index in [1.54, 1.807) is 7.11 Å². The van der Waals surface area contributed by atoms with Crippen LogP contribution in [0, 0.1) is 20.8 Å². The van der Waals surface area contributed by atoms with Crippen LogP contribution in [0.3, 0.4) is 0 Å². The maximum atomic E-state index is 12.5. The third-order valence-corrected chi connectivity index (χ3v) is 5.60. The predicted molar refractivity (Wildman–Crippen MR) is 101 cm³/mol. The van der Waals surface area contributed by atoms with E-state index in [-0.39, 0.29) is 5.91 Å². The molecule has 1 fully saturated rings. The topological polar surface area (TPSA) is 60.5 Å². The zero-order valence-corrected chi connectivity index (χ0v) is 16.2. The summed E-state index contributed by atoms with van der Waals surface area (Å²) in [7, 11) is 1.68. The van der Waals surface area contributed by atoms with Gasteiger partial charge in [0, 0.05) is 17.0 Å². The second kappa shape index (κ2) is 6.77. The number of carbonyl (C=O) groups is 1. The van der Waals surface area contributed by atoms with Crippen LogP contribution < -0.4 is 10.1 Å². The van der Waals surface area contributed by atoms with E-state index >= 15 is 0 Å². The molecule has 0 unspecified atom stereocenters. The molecular weight excluding hydrogens is 336 g/mol. The van der Waals surface area contributed by atoms with Crippen LogP contribution in [-0.4, -0.2) is 30.2 Å². The van der Waals surface area contributed by atoms with Gasteiger partial charge in [-0.25, -0.2) is 4.98 Å². The first-order chi connectivity index (χ1) is 11.8. The second-order valence-electron chi connectivity index (χ2n) is 6.70. The predicted octanol–water partition coefficient (Wildman–Crippen LogP) is 4.25. The molecule has 1 aliphatic heterocycles. The zero-order valence-electron chi connectivity index (χ0n) is 15.4. The van der Waals surface area contributed by atoms with Gasteiger partial charge in [-0.05, 0) is 63.8 Å². The van der Waals surface area contributed by atoms with Crippen molar-refractivity contribution in [2.45, 2.75) is 46.1 Å². The van der Waals surface area contributed by atoms with E-state index in [9.17, 15) is 4.79 Å². The Morgan fingerprint density at radius 3 is 2.72 bits per heavy atom. The standard InChI is InChI=1S/C19H24N2O3S/c1-11-10-15(23-5)12(2)9-14(11)16-13(3)25-18(20-16)21-17(22)19(4)7-6-8-24-19/h9-10H,6-8H2,1-5H3,(H,20,21,22)/t19-/m1/s1. The smallest absolute Gasteiger partial charge is 0.258 e. The molecule has 0 aliphatic carbocycles. The van der Waals surface area contributed by atoms with E-state index in [0.29, 0.717) is 11.7 Å². The molecule has 1 aliphatic rings. The minimum absolute atomic E-state index is 0.118. The van der Waals surface area contributed by atoms with Gasteiger partial charge >= 0.3 is 0 Å². The van der Waals surface area contributed by atoms with Crippen LogP contribution in [0.1, 0.15) is 35.8 Å². The first-order valence-electron chi connectivity index (χ1n) is 8.42. The van der Waals surface area contributed by atoms with Gasteiger partial charge in [-0.1, -0.05) is 0 Å². The maximum Gasteiger partial charge on any atom is 0.258 e. The molecule has 5 nitrogen and oxygen atoms in total. The number of benzene rings is 1. The molecule has 0 radical (unpaired) electrons. The van der Waals surface area contributed by atoms with Crippen molar-refractivity contribution < 1.29 is 14.3 Å². The number of carbonyl (C=O) groups excluding carboxylic acids is 1. The van der Waals surface area contributed by atoms with Gasteiger partial charge in [0.1, 0.15) is 11.4 Å². The molecular formula is C19H24N2O3S. The lowest BCUT2D eigenvalue weighted by Crippen LogP contribution is -2.39. The molecule has 1 saturated heterocycles. The number of aryl methyl sites for hydroxylation is 3. The normalized spacial score (nSPS) is 19.9. The number of thiazole rings is 1. The number of methoxy groups -OCH3 is 1. The summed E-state index contributed by atoms with van der Waals surface area (Å²) in [5.74, 6) is 0.752. The van der Waals surface area contributed by atoms with Gasteiger partial charge in [0.2, 0.25) is 0 Å². The minimum Gasteiger partial charge on any atom is -0.496 e. The fraction of sp³-hybridized carbons (Fsp3) is 0.474. The van der Waals surface area contributed by atoms with Crippen LogP contribution in [0.2, 0.25) is 0 Å². The first-order valence-corrected chi connectivity index (χ1v) is 9.24. The third-order valence-electron chi connectivity index (χ3n) is 4.71. The Bertz CT molecular complexity index is 807. The molecule has 1 atom stereocenters. The summed E-state index contributed by atoms with van der Waals surface area (Å²) in [6.07, 6.45) is 1.66. The van der Waals surface area contributed by atoms with Gasteiger partial charge in [0.05, 0.1) is 12.8 Å². The molecule has 3 rings (SSSR count). The highest BCUT2D eigenvalue weighted by molar-refractivity contribution is 7.16. The maximum absolute atomic E-state index is 12.5. The van der Waals surface area contributed by atoms with Crippen molar-refractivity contribution in [3.05, 3.63) is 28.1 Å².